The summed E-state index contributed by atoms with van der Waals surface area (Å²) in [5, 5.41) is 2.76. The minimum Gasteiger partial charge on any atom is -0.349 e. The first-order valence-electron chi connectivity index (χ1n) is 6.75. The summed E-state index contributed by atoms with van der Waals surface area (Å²) in [6.07, 6.45) is 0.888. The van der Waals surface area contributed by atoms with Crippen molar-refractivity contribution in [1.82, 2.24) is 5.32 Å². The topological polar surface area (TPSA) is 46.2 Å². The highest BCUT2D eigenvalue weighted by Crippen LogP contribution is 2.47. The monoisotopic (exact) mass is 259 g/mol. The van der Waals surface area contributed by atoms with Gasteiger partial charge in [0.25, 0.3) is 0 Å². The van der Waals surface area contributed by atoms with E-state index in [4.69, 9.17) is 0 Å². The Labute approximate surface area is 114 Å². The molecule has 1 aliphatic rings. The Hall–Kier alpha value is -1.64. The van der Waals surface area contributed by atoms with Crippen molar-refractivity contribution in [2.45, 2.75) is 33.1 Å². The fraction of sp³-hybridized carbons (Fsp3) is 0.500. The highest BCUT2D eigenvalue weighted by atomic mass is 16.2. The number of nitrogens with one attached hydrogen (secondary N) is 1. The van der Waals surface area contributed by atoms with Gasteiger partial charge in [0.15, 0.2) is 5.78 Å². The number of rotatable bonds is 4. The summed E-state index contributed by atoms with van der Waals surface area (Å²) in [5.74, 6) is 0.435. The average molecular weight is 259 g/mol. The first-order chi connectivity index (χ1) is 8.89. The number of carbonyl (C=O) groups excluding carboxylic acids is 2. The quantitative estimate of drug-likeness (QED) is 0.903. The Bertz CT molecular complexity index is 473. The lowest BCUT2D eigenvalue weighted by Gasteiger charge is -2.16. The minimum atomic E-state index is -0.393. The molecular weight excluding hydrogens is 238 g/mol. The van der Waals surface area contributed by atoms with E-state index < -0.39 is 5.41 Å². The molecule has 3 nitrogen and oxygen atoms in total. The van der Waals surface area contributed by atoms with E-state index in [0.717, 1.165) is 6.42 Å². The second kappa shape index (κ2) is 5.16. The Morgan fingerprint density at radius 2 is 1.84 bits per heavy atom. The van der Waals surface area contributed by atoms with Crippen molar-refractivity contribution in [3.05, 3.63) is 35.9 Å². The fourth-order valence-corrected chi connectivity index (χ4v) is 2.12. The van der Waals surface area contributed by atoms with Gasteiger partial charge in [-0.15, -0.1) is 0 Å². The zero-order chi connectivity index (χ0) is 14.0. The molecule has 19 heavy (non-hydrogen) atoms. The SMILES string of the molecule is CC(C)(C)C(=O)CNC(=O)C1CC1c1ccccc1. The second-order valence-corrected chi connectivity index (χ2v) is 6.25. The van der Waals surface area contributed by atoms with Crippen LogP contribution in [0.15, 0.2) is 30.3 Å². The van der Waals surface area contributed by atoms with Crippen LogP contribution in [-0.4, -0.2) is 18.2 Å². The predicted molar refractivity (Wildman–Crippen MR) is 74.8 cm³/mol. The summed E-state index contributed by atoms with van der Waals surface area (Å²) in [7, 11) is 0. The van der Waals surface area contributed by atoms with Crippen molar-refractivity contribution in [3.63, 3.8) is 0 Å². The molecule has 0 radical (unpaired) electrons. The van der Waals surface area contributed by atoms with E-state index in [1.165, 1.54) is 5.56 Å². The van der Waals surface area contributed by atoms with E-state index in [1.54, 1.807) is 0 Å². The molecule has 1 aromatic rings. The maximum absolute atomic E-state index is 12.0. The van der Waals surface area contributed by atoms with E-state index in [1.807, 2.05) is 39.0 Å². The minimum absolute atomic E-state index is 0.00598. The van der Waals surface area contributed by atoms with Crippen molar-refractivity contribution >= 4 is 11.7 Å². The molecule has 3 heteroatoms. The Balaban J connectivity index is 1.82. The van der Waals surface area contributed by atoms with Crippen LogP contribution in [0.3, 0.4) is 0 Å². The first kappa shape index (κ1) is 13.8. The van der Waals surface area contributed by atoms with Crippen LogP contribution in [0.1, 0.15) is 38.7 Å². The standard InChI is InChI=1S/C16H21NO2/c1-16(2,3)14(18)10-17-15(19)13-9-12(13)11-7-5-4-6-8-11/h4-8,12-13H,9-10H2,1-3H3,(H,17,19). The molecule has 1 fully saturated rings. The number of ketones is 1. The van der Waals surface area contributed by atoms with Crippen molar-refractivity contribution < 1.29 is 9.59 Å². The van der Waals surface area contributed by atoms with E-state index in [0.29, 0.717) is 5.92 Å². The first-order valence-corrected chi connectivity index (χ1v) is 6.75. The molecule has 0 spiro atoms. The number of benzene rings is 1. The lowest BCUT2D eigenvalue weighted by atomic mass is 9.91. The smallest absolute Gasteiger partial charge is 0.224 e. The number of hydrogen-bond donors (Lipinski definition) is 1. The molecule has 1 saturated carbocycles. The number of Topliss-reactive ketones (excluding diaryl/α,β-unsaturated/α-hetero) is 1. The molecule has 1 amide bonds. The molecule has 102 valence electrons. The van der Waals surface area contributed by atoms with Crippen LogP contribution < -0.4 is 5.32 Å². The summed E-state index contributed by atoms with van der Waals surface area (Å²) >= 11 is 0. The van der Waals surface area contributed by atoms with Crippen LogP contribution in [0, 0.1) is 11.3 Å². The van der Waals surface area contributed by atoms with Crippen molar-refractivity contribution in [1.29, 1.82) is 0 Å². The van der Waals surface area contributed by atoms with Crippen LogP contribution in [0.25, 0.3) is 0 Å². The molecular formula is C16H21NO2. The van der Waals surface area contributed by atoms with Crippen LogP contribution in [-0.2, 0) is 9.59 Å². The normalized spacial score (nSPS) is 21.8. The Kier molecular flexibility index (Phi) is 3.74. The Morgan fingerprint density at radius 3 is 2.42 bits per heavy atom. The van der Waals surface area contributed by atoms with E-state index >= 15 is 0 Å². The molecule has 0 aromatic heterocycles. The van der Waals surface area contributed by atoms with Crippen molar-refractivity contribution in [3.8, 4) is 0 Å². The van der Waals surface area contributed by atoms with E-state index in [2.05, 4.69) is 17.4 Å². The third kappa shape index (κ3) is 3.43. The highest BCUT2D eigenvalue weighted by Gasteiger charge is 2.43. The van der Waals surface area contributed by atoms with Gasteiger partial charge in [0, 0.05) is 11.3 Å². The molecule has 0 saturated heterocycles. The zero-order valence-electron chi connectivity index (χ0n) is 11.8. The van der Waals surface area contributed by atoms with Gasteiger partial charge in [-0.25, -0.2) is 0 Å². The molecule has 2 rings (SSSR count). The van der Waals surface area contributed by atoms with Crippen LogP contribution >= 0.6 is 0 Å². The lowest BCUT2D eigenvalue weighted by Crippen LogP contribution is -2.36. The molecule has 0 aliphatic heterocycles. The molecule has 1 N–H and O–H groups in total. The summed E-state index contributed by atoms with van der Waals surface area (Å²) in [6.45, 7) is 5.74. The maximum atomic E-state index is 12.0. The third-order valence-corrected chi connectivity index (χ3v) is 3.61. The molecule has 0 heterocycles. The predicted octanol–water partition coefficient (Wildman–Crippen LogP) is 2.52. The summed E-state index contributed by atoms with van der Waals surface area (Å²) in [4.78, 5) is 23.7. The van der Waals surface area contributed by atoms with Crippen molar-refractivity contribution in [2.75, 3.05) is 6.54 Å². The second-order valence-electron chi connectivity index (χ2n) is 6.25. The number of carbonyl (C=O) groups is 2. The summed E-state index contributed by atoms with van der Waals surface area (Å²) in [5.41, 5.74) is 0.820. The Morgan fingerprint density at radius 1 is 1.21 bits per heavy atom. The van der Waals surface area contributed by atoms with Gasteiger partial charge in [0.05, 0.1) is 6.54 Å². The van der Waals surface area contributed by atoms with Crippen LogP contribution in [0.2, 0.25) is 0 Å². The zero-order valence-corrected chi connectivity index (χ0v) is 11.8. The fourth-order valence-electron chi connectivity index (χ4n) is 2.12. The van der Waals surface area contributed by atoms with Gasteiger partial charge >= 0.3 is 0 Å². The van der Waals surface area contributed by atoms with Gasteiger partial charge in [0.1, 0.15) is 0 Å². The van der Waals surface area contributed by atoms with Gasteiger partial charge in [-0.2, -0.15) is 0 Å². The third-order valence-electron chi connectivity index (χ3n) is 3.61. The van der Waals surface area contributed by atoms with E-state index in [-0.39, 0.29) is 24.2 Å². The molecule has 2 atom stereocenters. The lowest BCUT2D eigenvalue weighted by molar-refractivity contribution is -0.129. The largest absolute Gasteiger partial charge is 0.349 e. The van der Waals surface area contributed by atoms with Gasteiger partial charge < -0.3 is 5.32 Å². The van der Waals surface area contributed by atoms with Crippen molar-refractivity contribution in [2.24, 2.45) is 11.3 Å². The summed E-state index contributed by atoms with van der Waals surface area (Å²) < 4.78 is 0. The van der Waals surface area contributed by atoms with Gasteiger partial charge in [-0.3, -0.25) is 9.59 Å². The number of hydrogen-bond acceptors (Lipinski definition) is 2. The molecule has 0 bridgehead atoms. The van der Waals surface area contributed by atoms with Gasteiger partial charge in [-0.05, 0) is 17.9 Å². The van der Waals surface area contributed by atoms with Crippen LogP contribution in [0.4, 0.5) is 0 Å². The van der Waals surface area contributed by atoms with Crippen LogP contribution in [0.5, 0.6) is 0 Å². The highest BCUT2D eigenvalue weighted by molar-refractivity contribution is 5.91. The molecule has 1 aromatic carbocycles. The summed E-state index contributed by atoms with van der Waals surface area (Å²) in [6, 6.07) is 10.1. The van der Waals surface area contributed by atoms with E-state index in [9.17, 15) is 9.59 Å². The average Bonchev–Trinajstić information content (AvgIpc) is 3.15. The maximum Gasteiger partial charge on any atom is 0.224 e. The van der Waals surface area contributed by atoms with Gasteiger partial charge in [-0.1, -0.05) is 51.1 Å². The number of amides is 1. The molecule has 2 unspecified atom stereocenters. The molecule has 1 aliphatic carbocycles. The van der Waals surface area contributed by atoms with Gasteiger partial charge in [0.2, 0.25) is 5.91 Å².